The molecule has 2 aromatic carbocycles. The summed E-state index contributed by atoms with van der Waals surface area (Å²) in [7, 11) is -0.650. The zero-order valence-electron chi connectivity index (χ0n) is 21.0. The van der Waals surface area contributed by atoms with Gasteiger partial charge in [0.2, 0.25) is 21.8 Å². The van der Waals surface area contributed by atoms with Gasteiger partial charge in [0.05, 0.1) is 10.6 Å². The number of hydrogen-bond acceptors (Lipinski definition) is 6. The van der Waals surface area contributed by atoms with Gasteiger partial charge in [0.1, 0.15) is 5.25 Å². The van der Waals surface area contributed by atoms with Gasteiger partial charge in [-0.05, 0) is 56.0 Å². The number of rotatable bonds is 7. The minimum Gasteiger partial charge on any atom is -0.326 e. The van der Waals surface area contributed by atoms with E-state index in [-0.39, 0.29) is 29.2 Å². The average molecular weight is 529 g/mol. The van der Waals surface area contributed by atoms with Crippen molar-refractivity contribution in [2.24, 2.45) is 4.99 Å². The summed E-state index contributed by atoms with van der Waals surface area (Å²) >= 11 is 1.28. The SMILES string of the molecule is Cc1cccc(C)c1NC(=O)CC1SC(=Nc2cccc(S(=O)(=O)N(C)C)c2)N(C2CCCC2)C1=O. The number of benzene rings is 2. The summed E-state index contributed by atoms with van der Waals surface area (Å²) in [5.41, 5.74) is 3.17. The van der Waals surface area contributed by atoms with Crippen LogP contribution < -0.4 is 5.32 Å². The van der Waals surface area contributed by atoms with E-state index in [0.717, 1.165) is 46.8 Å². The van der Waals surface area contributed by atoms with Gasteiger partial charge in [-0.25, -0.2) is 17.7 Å². The first kappa shape index (κ1) is 26.4. The lowest BCUT2D eigenvalue weighted by Gasteiger charge is -2.23. The summed E-state index contributed by atoms with van der Waals surface area (Å²) in [6, 6.07) is 12.3. The van der Waals surface area contributed by atoms with Gasteiger partial charge in [0.25, 0.3) is 0 Å². The maximum absolute atomic E-state index is 13.5. The van der Waals surface area contributed by atoms with Gasteiger partial charge in [-0.2, -0.15) is 0 Å². The molecule has 2 fully saturated rings. The van der Waals surface area contributed by atoms with Crippen LogP contribution >= 0.6 is 11.8 Å². The molecule has 36 heavy (non-hydrogen) atoms. The van der Waals surface area contributed by atoms with Crippen molar-refractivity contribution in [3.63, 3.8) is 0 Å². The molecule has 1 atom stereocenters. The zero-order chi connectivity index (χ0) is 26.0. The van der Waals surface area contributed by atoms with E-state index < -0.39 is 15.3 Å². The van der Waals surface area contributed by atoms with Crippen molar-refractivity contribution in [3.05, 3.63) is 53.6 Å². The van der Waals surface area contributed by atoms with Gasteiger partial charge in [0, 0.05) is 32.2 Å². The van der Waals surface area contributed by atoms with Crippen LogP contribution in [-0.2, 0) is 19.6 Å². The Labute approximate surface area is 217 Å². The zero-order valence-corrected chi connectivity index (χ0v) is 22.7. The molecule has 0 bridgehead atoms. The maximum atomic E-state index is 13.5. The molecule has 2 amide bonds. The molecular weight excluding hydrogens is 496 g/mol. The number of nitrogens with zero attached hydrogens (tertiary/aromatic N) is 3. The highest BCUT2D eigenvalue weighted by Gasteiger charge is 2.43. The number of para-hydroxylation sites is 1. The molecule has 8 nitrogen and oxygen atoms in total. The van der Waals surface area contributed by atoms with Gasteiger partial charge in [-0.15, -0.1) is 0 Å². The van der Waals surface area contributed by atoms with Crippen molar-refractivity contribution in [3.8, 4) is 0 Å². The van der Waals surface area contributed by atoms with Gasteiger partial charge in [-0.1, -0.05) is 48.9 Å². The first-order chi connectivity index (χ1) is 17.1. The Morgan fingerprint density at radius 2 is 1.75 bits per heavy atom. The lowest BCUT2D eigenvalue weighted by atomic mass is 10.1. The Kier molecular flexibility index (Phi) is 7.87. The number of aryl methyl sites for hydroxylation is 2. The second-order valence-corrected chi connectivity index (χ2v) is 12.8. The number of amidine groups is 1. The molecule has 1 aliphatic heterocycles. The Morgan fingerprint density at radius 1 is 1.11 bits per heavy atom. The molecule has 1 saturated carbocycles. The van der Waals surface area contributed by atoms with Crippen LogP contribution in [0.15, 0.2) is 52.4 Å². The monoisotopic (exact) mass is 528 g/mol. The number of sulfonamides is 1. The smallest absolute Gasteiger partial charge is 0.242 e. The number of aliphatic imine (C=N–C) groups is 1. The van der Waals surface area contributed by atoms with Crippen molar-refractivity contribution < 1.29 is 18.0 Å². The van der Waals surface area contributed by atoms with Gasteiger partial charge >= 0.3 is 0 Å². The predicted octanol–water partition coefficient (Wildman–Crippen LogP) is 4.46. The van der Waals surface area contributed by atoms with E-state index in [2.05, 4.69) is 5.32 Å². The average Bonchev–Trinajstić information content (AvgIpc) is 3.44. The van der Waals surface area contributed by atoms with Crippen molar-refractivity contribution in [1.29, 1.82) is 0 Å². The summed E-state index contributed by atoms with van der Waals surface area (Å²) in [5.74, 6) is -0.329. The highest BCUT2D eigenvalue weighted by Crippen LogP contribution is 2.37. The molecule has 1 aliphatic carbocycles. The van der Waals surface area contributed by atoms with Crippen LogP contribution in [0.1, 0.15) is 43.2 Å². The molecule has 192 valence electrons. The van der Waals surface area contributed by atoms with Gasteiger partial charge in [0.15, 0.2) is 5.17 Å². The highest BCUT2D eigenvalue weighted by atomic mass is 32.2. The van der Waals surface area contributed by atoms with Crippen molar-refractivity contribution in [2.45, 2.75) is 62.1 Å². The van der Waals surface area contributed by atoms with E-state index in [1.54, 1.807) is 17.0 Å². The lowest BCUT2D eigenvalue weighted by Crippen LogP contribution is -2.40. The third-order valence-corrected chi connectivity index (χ3v) is 9.56. The Bertz CT molecular complexity index is 1280. The summed E-state index contributed by atoms with van der Waals surface area (Å²) < 4.78 is 26.3. The fourth-order valence-electron chi connectivity index (χ4n) is 4.60. The molecule has 1 N–H and O–H groups in total. The maximum Gasteiger partial charge on any atom is 0.242 e. The van der Waals surface area contributed by atoms with Crippen LogP contribution in [0.2, 0.25) is 0 Å². The van der Waals surface area contributed by atoms with Crippen molar-refractivity contribution in [2.75, 3.05) is 19.4 Å². The Morgan fingerprint density at radius 3 is 2.39 bits per heavy atom. The summed E-state index contributed by atoms with van der Waals surface area (Å²) in [4.78, 5) is 33.0. The number of anilines is 1. The summed E-state index contributed by atoms with van der Waals surface area (Å²) in [6.45, 7) is 3.88. The standard InChI is InChI=1S/C26H32N4O4S2/c1-17-9-7-10-18(2)24(17)28-23(31)16-22-25(32)30(20-12-5-6-13-20)26(35-22)27-19-11-8-14-21(15-19)36(33,34)29(3)4/h7-11,14-15,20,22H,5-6,12-13,16H2,1-4H3,(H,28,31). The van der Waals surface area contributed by atoms with E-state index in [9.17, 15) is 18.0 Å². The molecular formula is C26H32N4O4S2. The van der Waals surface area contributed by atoms with Crippen LogP contribution in [-0.4, -0.2) is 60.0 Å². The minimum absolute atomic E-state index is 0.0363. The minimum atomic E-state index is -3.61. The van der Waals surface area contributed by atoms with E-state index >= 15 is 0 Å². The van der Waals surface area contributed by atoms with E-state index in [1.807, 2.05) is 32.0 Å². The molecule has 1 heterocycles. The fraction of sp³-hybridized carbons (Fsp3) is 0.423. The third kappa shape index (κ3) is 5.50. The molecule has 2 aromatic rings. The van der Waals surface area contributed by atoms with Gasteiger partial charge in [-0.3, -0.25) is 14.5 Å². The highest BCUT2D eigenvalue weighted by molar-refractivity contribution is 8.15. The normalized spacial score (nSPS) is 20.0. The van der Waals surface area contributed by atoms with E-state index in [4.69, 9.17) is 4.99 Å². The first-order valence-electron chi connectivity index (χ1n) is 12.0. The lowest BCUT2D eigenvalue weighted by molar-refractivity contribution is -0.129. The molecule has 0 radical (unpaired) electrons. The quantitative estimate of drug-likeness (QED) is 0.572. The summed E-state index contributed by atoms with van der Waals surface area (Å²) in [6.07, 6.45) is 3.90. The number of thioether (sulfide) groups is 1. The summed E-state index contributed by atoms with van der Waals surface area (Å²) in [5, 5.41) is 2.92. The van der Waals surface area contributed by atoms with Crippen LogP contribution in [0.5, 0.6) is 0 Å². The van der Waals surface area contributed by atoms with Gasteiger partial charge < -0.3 is 5.32 Å². The number of carbonyl (C=O) groups excluding carboxylic acids is 2. The Hall–Kier alpha value is -2.69. The number of hydrogen-bond donors (Lipinski definition) is 1. The van der Waals surface area contributed by atoms with Crippen molar-refractivity contribution in [1.82, 2.24) is 9.21 Å². The van der Waals surface area contributed by atoms with Crippen LogP contribution in [0, 0.1) is 13.8 Å². The molecule has 1 unspecified atom stereocenters. The number of nitrogens with one attached hydrogen (secondary N) is 1. The molecule has 10 heteroatoms. The second-order valence-electron chi connectivity index (χ2n) is 9.45. The fourth-order valence-corrected chi connectivity index (χ4v) is 6.75. The first-order valence-corrected chi connectivity index (χ1v) is 14.4. The number of carbonyl (C=O) groups is 2. The van der Waals surface area contributed by atoms with E-state index in [1.165, 1.54) is 38.0 Å². The van der Waals surface area contributed by atoms with Crippen LogP contribution in [0.25, 0.3) is 0 Å². The molecule has 0 spiro atoms. The molecule has 2 aliphatic rings. The molecule has 0 aromatic heterocycles. The van der Waals surface area contributed by atoms with Crippen molar-refractivity contribution >= 4 is 50.1 Å². The topological polar surface area (TPSA) is 99.1 Å². The van der Waals surface area contributed by atoms with Crippen LogP contribution in [0.3, 0.4) is 0 Å². The number of amides is 2. The molecule has 1 saturated heterocycles. The third-order valence-electron chi connectivity index (χ3n) is 6.59. The Balaban J connectivity index is 1.59. The predicted molar refractivity (Wildman–Crippen MR) is 144 cm³/mol. The largest absolute Gasteiger partial charge is 0.326 e. The second kappa shape index (κ2) is 10.7. The van der Waals surface area contributed by atoms with E-state index in [0.29, 0.717) is 10.9 Å². The molecule has 4 rings (SSSR count). The van der Waals surface area contributed by atoms with Crippen LogP contribution in [0.4, 0.5) is 11.4 Å².